The van der Waals surface area contributed by atoms with Crippen molar-refractivity contribution in [3.8, 4) is 0 Å². The fourth-order valence-electron chi connectivity index (χ4n) is 2.23. The summed E-state index contributed by atoms with van der Waals surface area (Å²) >= 11 is 1.12. The number of benzene rings is 2. The molecule has 0 spiro atoms. The number of hydrogen-bond acceptors (Lipinski definition) is 5. The highest BCUT2D eigenvalue weighted by molar-refractivity contribution is 7.93. The number of carbonyl (C=O) groups excluding carboxylic acids is 1. The third-order valence-corrected chi connectivity index (χ3v) is 5.75. The van der Waals surface area contributed by atoms with Crippen molar-refractivity contribution in [3.05, 3.63) is 76.6 Å². The van der Waals surface area contributed by atoms with E-state index in [1.54, 1.807) is 5.38 Å². The first-order chi connectivity index (χ1) is 13.3. The Morgan fingerprint density at radius 1 is 1.07 bits per heavy atom. The first kappa shape index (κ1) is 19.8. The number of sulfonamides is 1. The summed E-state index contributed by atoms with van der Waals surface area (Å²) in [5, 5.41) is 4.24. The zero-order valence-corrected chi connectivity index (χ0v) is 15.6. The van der Waals surface area contributed by atoms with E-state index in [1.807, 2.05) is 0 Å². The van der Waals surface area contributed by atoms with Crippen LogP contribution in [0.2, 0.25) is 0 Å². The lowest BCUT2D eigenvalue weighted by atomic mass is 10.2. The Kier molecular flexibility index (Phi) is 5.66. The molecule has 3 rings (SSSR count). The van der Waals surface area contributed by atoms with E-state index in [4.69, 9.17) is 0 Å². The van der Waals surface area contributed by atoms with E-state index in [1.165, 1.54) is 30.5 Å². The van der Waals surface area contributed by atoms with Crippen LogP contribution in [-0.4, -0.2) is 19.3 Å². The molecule has 0 saturated carbocycles. The van der Waals surface area contributed by atoms with Gasteiger partial charge in [0, 0.05) is 23.7 Å². The molecule has 0 unspecified atom stereocenters. The molecule has 2 aromatic carbocycles. The van der Waals surface area contributed by atoms with Crippen LogP contribution in [0, 0.1) is 17.5 Å². The minimum absolute atomic E-state index is 0.0385. The molecule has 146 valence electrons. The van der Waals surface area contributed by atoms with Crippen LogP contribution in [0.4, 0.5) is 18.3 Å². The summed E-state index contributed by atoms with van der Waals surface area (Å²) in [5.41, 5.74) is 0.174. The fraction of sp³-hybridized carbons (Fsp3) is 0.0588. The second-order valence-electron chi connectivity index (χ2n) is 5.52. The number of hydrogen-bond donors (Lipinski definition) is 2. The zero-order valence-electron chi connectivity index (χ0n) is 13.9. The molecular formula is C17H12F3N3O3S2. The van der Waals surface area contributed by atoms with Gasteiger partial charge in [-0.15, -0.1) is 11.3 Å². The van der Waals surface area contributed by atoms with Crippen LogP contribution >= 0.6 is 11.3 Å². The van der Waals surface area contributed by atoms with Gasteiger partial charge in [0.05, 0.1) is 4.90 Å². The number of carbonyl (C=O) groups is 1. The smallest absolute Gasteiger partial charge is 0.263 e. The molecule has 0 aliphatic carbocycles. The number of rotatable bonds is 6. The van der Waals surface area contributed by atoms with Crippen molar-refractivity contribution < 1.29 is 26.4 Å². The van der Waals surface area contributed by atoms with Crippen LogP contribution in [-0.2, 0) is 16.6 Å². The Morgan fingerprint density at radius 2 is 1.71 bits per heavy atom. The van der Waals surface area contributed by atoms with Crippen molar-refractivity contribution in [2.24, 2.45) is 0 Å². The van der Waals surface area contributed by atoms with E-state index in [0.29, 0.717) is 0 Å². The molecule has 28 heavy (non-hydrogen) atoms. The Bertz CT molecular complexity index is 1080. The van der Waals surface area contributed by atoms with Gasteiger partial charge in [-0.3, -0.25) is 9.52 Å². The van der Waals surface area contributed by atoms with Crippen molar-refractivity contribution in [1.29, 1.82) is 0 Å². The minimum Gasteiger partial charge on any atom is -0.348 e. The quantitative estimate of drug-likeness (QED) is 0.591. The Morgan fingerprint density at radius 3 is 2.29 bits per heavy atom. The lowest BCUT2D eigenvalue weighted by Gasteiger charge is -2.08. The standard InChI is InChI=1S/C17H12F3N3O3S2/c18-13-7-10(8-14(19)15(13)20)9-22-16(24)11-1-3-12(4-2-11)28(25,26)23-17-21-5-6-27-17/h1-8H,9H2,(H,21,23)(H,22,24). The summed E-state index contributed by atoms with van der Waals surface area (Å²) in [6, 6.07) is 6.61. The summed E-state index contributed by atoms with van der Waals surface area (Å²) in [7, 11) is -3.85. The number of halogens is 3. The van der Waals surface area contributed by atoms with Crippen LogP contribution in [0.1, 0.15) is 15.9 Å². The number of nitrogens with one attached hydrogen (secondary N) is 2. The van der Waals surface area contributed by atoms with Gasteiger partial charge in [0.25, 0.3) is 15.9 Å². The van der Waals surface area contributed by atoms with Crippen LogP contribution in [0.5, 0.6) is 0 Å². The molecule has 0 radical (unpaired) electrons. The first-order valence-electron chi connectivity index (χ1n) is 7.70. The molecule has 6 nitrogen and oxygen atoms in total. The van der Waals surface area contributed by atoms with Crippen molar-refractivity contribution in [2.75, 3.05) is 4.72 Å². The van der Waals surface area contributed by atoms with Crippen molar-refractivity contribution in [3.63, 3.8) is 0 Å². The summed E-state index contributed by atoms with van der Waals surface area (Å²) in [5.74, 6) is -4.89. The van der Waals surface area contributed by atoms with Crippen LogP contribution in [0.15, 0.2) is 52.9 Å². The maximum absolute atomic E-state index is 13.2. The molecule has 0 fully saturated rings. The molecule has 0 bridgehead atoms. The Balaban J connectivity index is 1.67. The van der Waals surface area contributed by atoms with Gasteiger partial charge < -0.3 is 5.32 Å². The molecular weight excluding hydrogens is 415 g/mol. The normalized spacial score (nSPS) is 11.2. The number of nitrogens with zero attached hydrogens (tertiary/aromatic N) is 1. The van der Waals surface area contributed by atoms with Crippen molar-refractivity contribution in [2.45, 2.75) is 11.4 Å². The number of thiazole rings is 1. The maximum Gasteiger partial charge on any atom is 0.263 e. The second kappa shape index (κ2) is 7.98. The monoisotopic (exact) mass is 427 g/mol. The lowest BCUT2D eigenvalue weighted by molar-refractivity contribution is 0.0950. The van der Waals surface area contributed by atoms with E-state index in [9.17, 15) is 26.4 Å². The van der Waals surface area contributed by atoms with Crippen LogP contribution < -0.4 is 10.0 Å². The molecule has 3 aromatic rings. The highest BCUT2D eigenvalue weighted by Gasteiger charge is 2.17. The van der Waals surface area contributed by atoms with E-state index in [2.05, 4.69) is 15.0 Å². The molecule has 0 aliphatic rings. The molecule has 11 heteroatoms. The summed E-state index contributed by atoms with van der Waals surface area (Å²) in [6.07, 6.45) is 1.45. The fourth-order valence-corrected chi connectivity index (χ4v) is 4.02. The SMILES string of the molecule is O=C(NCc1cc(F)c(F)c(F)c1)c1ccc(S(=O)(=O)Nc2nccs2)cc1. The second-order valence-corrected chi connectivity index (χ2v) is 8.10. The third kappa shape index (κ3) is 4.49. The van der Waals surface area contributed by atoms with Gasteiger partial charge in [-0.25, -0.2) is 26.6 Å². The predicted octanol–water partition coefficient (Wildman–Crippen LogP) is 3.29. The predicted molar refractivity (Wildman–Crippen MR) is 96.9 cm³/mol. The highest BCUT2D eigenvalue weighted by atomic mass is 32.2. The third-order valence-electron chi connectivity index (χ3n) is 3.58. The van der Waals surface area contributed by atoms with Gasteiger partial charge in [-0.1, -0.05) is 0 Å². The summed E-state index contributed by atoms with van der Waals surface area (Å²) in [4.78, 5) is 15.9. The zero-order chi connectivity index (χ0) is 20.3. The number of anilines is 1. The van der Waals surface area contributed by atoms with E-state index >= 15 is 0 Å². The summed E-state index contributed by atoms with van der Waals surface area (Å²) in [6.45, 7) is -0.237. The van der Waals surface area contributed by atoms with Gasteiger partial charge in [0.15, 0.2) is 22.6 Å². The van der Waals surface area contributed by atoms with Crippen molar-refractivity contribution >= 4 is 32.4 Å². The van der Waals surface area contributed by atoms with Gasteiger partial charge in [0.2, 0.25) is 0 Å². The van der Waals surface area contributed by atoms with Crippen LogP contribution in [0.3, 0.4) is 0 Å². The van der Waals surface area contributed by atoms with Gasteiger partial charge in [-0.05, 0) is 42.0 Å². The topological polar surface area (TPSA) is 88.2 Å². The number of amides is 1. The van der Waals surface area contributed by atoms with E-state index in [0.717, 1.165) is 23.5 Å². The average Bonchev–Trinajstić information content (AvgIpc) is 3.16. The average molecular weight is 427 g/mol. The molecule has 1 aromatic heterocycles. The van der Waals surface area contributed by atoms with E-state index in [-0.39, 0.29) is 27.7 Å². The van der Waals surface area contributed by atoms with Crippen LogP contribution in [0.25, 0.3) is 0 Å². The minimum atomic E-state index is -3.85. The van der Waals surface area contributed by atoms with Gasteiger partial charge >= 0.3 is 0 Å². The molecule has 0 aliphatic heterocycles. The largest absolute Gasteiger partial charge is 0.348 e. The Labute approximate surface area is 162 Å². The van der Waals surface area contributed by atoms with Crippen molar-refractivity contribution in [1.82, 2.24) is 10.3 Å². The first-order valence-corrected chi connectivity index (χ1v) is 10.1. The Hall–Kier alpha value is -2.92. The van der Waals surface area contributed by atoms with E-state index < -0.39 is 33.4 Å². The molecule has 1 amide bonds. The molecule has 0 saturated heterocycles. The van der Waals surface area contributed by atoms with Gasteiger partial charge in [0.1, 0.15) is 0 Å². The lowest BCUT2D eigenvalue weighted by Crippen LogP contribution is -2.23. The molecule has 0 atom stereocenters. The maximum atomic E-state index is 13.2. The number of aromatic nitrogens is 1. The highest BCUT2D eigenvalue weighted by Crippen LogP contribution is 2.18. The van der Waals surface area contributed by atoms with Gasteiger partial charge in [-0.2, -0.15) is 0 Å². The summed E-state index contributed by atoms with van der Waals surface area (Å²) < 4.78 is 66.1. The molecule has 1 heterocycles. The molecule has 2 N–H and O–H groups in total.